The van der Waals surface area contributed by atoms with Crippen molar-refractivity contribution < 1.29 is 14.8 Å². The Morgan fingerprint density at radius 3 is 2.75 bits per heavy atom. The van der Waals surface area contributed by atoms with E-state index in [-0.39, 0.29) is 23.8 Å². The van der Waals surface area contributed by atoms with Crippen molar-refractivity contribution in [3.63, 3.8) is 0 Å². The number of hydrogen-bond donors (Lipinski definition) is 2. The summed E-state index contributed by atoms with van der Waals surface area (Å²) in [6, 6.07) is 0. The smallest absolute Gasteiger partial charge is 0.330 e. The van der Waals surface area contributed by atoms with Gasteiger partial charge < -0.3 is 10.4 Å². The summed E-state index contributed by atoms with van der Waals surface area (Å²) < 4.78 is 1.36. The molecule has 8 nitrogen and oxygen atoms in total. The van der Waals surface area contributed by atoms with E-state index in [0.29, 0.717) is 12.5 Å². The highest BCUT2D eigenvalue weighted by atomic mass is 16.6. The molecule has 0 saturated heterocycles. The average Bonchev–Trinajstić information content (AvgIpc) is 2.66. The van der Waals surface area contributed by atoms with Crippen molar-refractivity contribution in [2.45, 2.75) is 26.7 Å². The average molecular weight is 284 g/mol. The van der Waals surface area contributed by atoms with Crippen molar-refractivity contribution in [2.75, 3.05) is 11.9 Å². The molecule has 112 valence electrons. The van der Waals surface area contributed by atoms with Gasteiger partial charge in [-0.2, -0.15) is 0 Å². The number of aryl methyl sites for hydroxylation is 1. The van der Waals surface area contributed by atoms with Gasteiger partial charge >= 0.3 is 11.7 Å². The minimum atomic E-state index is -0.868. The van der Waals surface area contributed by atoms with Crippen molar-refractivity contribution in [1.82, 2.24) is 9.78 Å². The van der Waals surface area contributed by atoms with Gasteiger partial charge in [-0.15, -0.1) is 5.10 Å². The van der Waals surface area contributed by atoms with Crippen LogP contribution in [0.5, 0.6) is 0 Å². The van der Waals surface area contributed by atoms with Gasteiger partial charge in [0.25, 0.3) is 0 Å². The lowest BCUT2D eigenvalue weighted by Gasteiger charge is -2.17. The van der Waals surface area contributed by atoms with Crippen LogP contribution in [0.2, 0.25) is 0 Å². The summed E-state index contributed by atoms with van der Waals surface area (Å²) in [5.74, 6) is -0.418. The molecule has 0 aliphatic carbocycles. The lowest BCUT2D eigenvalue weighted by Crippen LogP contribution is -2.20. The Morgan fingerprint density at radius 2 is 2.25 bits per heavy atom. The third kappa shape index (κ3) is 4.87. The summed E-state index contributed by atoms with van der Waals surface area (Å²) in [5, 5.41) is 26.6. The van der Waals surface area contributed by atoms with Crippen LogP contribution in [0.4, 0.5) is 11.5 Å². The number of hydrogen-bond acceptors (Lipinski definition) is 5. The quantitative estimate of drug-likeness (QED) is 0.557. The fourth-order valence-corrected chi connectivity index (χ4v) is 2.13. The predicted molar refractivity (Wildman–Crippen MR) is 73.5 cm³/mol. The first-order valence-corrected chi connectivity index (χ1v) is 6.43. The molecule has 1 rings (SSSR count). The third-order valence-corrected chi connectivity index (χ3v) is 2.83. The normalized spacial score (nSPS) is 12.4. The number of aromatic nitrogens is 2. The highest BCUT2D eigenvalue weighted by Gasteiger charge is 2.21. The maximum Gasteiger partial charge on any atom is 0.330 e. The van der Waals surface area contributed by atoms with Gasteiger partial charge in [-0.05, 0) is 18.3 Å². The molecule has 0 spiro atoms. The molecular weight excluding hydrogens is 264 g/mol. The van der Waals surface area contributed by atoms with Crippen LogP contribution in [0.15, 0.2) is 6.20 Å². The molecule has 20 heavy (non-hydrogen) atoms. The number of nitrogens with zero attached hydrogens (tertiary/aromatic N) is 3. The second-order valence-corrected chi connectivity index (χ2v) is 5.27. The molecule has 2 N–H and O–H groups in total. The zero-order valence-corrected chi connectivity index (χ0v) is 11.9. The molecule has 1 heterocycles. The van der Waals surface area contributed by atoms with E-state index in [1.54, 1.807) is 7.05 Å². The maximum absolute atomic E-state index is 10.9. The fourth-order valence-electron chi connectivity index (χ4n) is 2.13. The third-order valence-electron chi connectivity index (χ3n) is 2.83. The van der Waals surface area contributed by atoms with Crippen LogP contribution >= 0.6 is 0 Å². The van der Waals surface area contributed by atoms with Gasteiger partial charge in [0.2, 0.25) is 5.82 Å². The minimum Gasteiger partial charge on any atom is -0.481 e. The SMILES string of the molecule is CC(C)CC(CNc1nn(C)cc1[N+](=O)[O-])CC(=O)O. The fraction of sp³-hybridized carbons (Fsp3) is 0.667. The molecule has 0 saturated carbocycles. The summed E-state index contributed by atoms with van der Waals surface area (Å²) >= 11 is 0. The molecule has 0 aliphatic rings. The van der Waals surface area contributed by atoms with Crippen LogP contribution in [0.25, 0.3) is 0 Å². The van der Waals surface area contributed by atoms with E-state index in [1.807, 2.05) is 13.8 Å². The van der Waals surface area contributed by atoms with Crippen LogP contribution in [-0.2, 0) is 11.8 Å². The monoisotopic (exact) mass is 284 g/mol. The lowest BCUT2D eigenvalue weighted by molar-refractivity contribution is -0.384. The Morgan fingerprint density at radius 1 is 1.60 bits per heavy atom. The molecule has 1 unspecified atom stereocenters. The van der Waals surface area contributed by atoms with Crippen molar-refractivity contribution in [2.24, 2.45) is 18.9 Å². The van der Waals surface area contributed by atoms with Crippen LogP contribution < -0.4 is 5.32 Å². The molecule has 0 aliphatic heterocycles. The molecule has 0 radical (unpaired) electrons. The zero-order chi connectivity index (χ0) is 15.3. The minimum absolute atomic E-state index is 0.0335. The lowest BCUT2D eigenvalue weighted by atomic mass is 9.94. The molecule has 0 aromatic carbocycles. The summed E-state index contributed by atoms with van der Waals surface area (Å²) in [4.78, 5) is 21.2. The first-order chi connectivity index (χ1) is 9.29. The highest BCUT2D eigenvalue weighted by Crippen LogP contribution is 2.23. The maximum atomic E-state index is 10.9. The summed E-state index contributed by atoms with van der Waals surface area (Å²) in [6.45, 7) is 4.37. The second-order valence-electron chi connectivity index (χ2n) is 5.27. The van der Waals surface area contributed by atoms with E-state index >= 15 is 0 Å². The van der Waals surface area contributed by atoms with Gasteiger partial charge in [0.05, 0.1) is 4.92 Å². The number of aliphatic carboxylic acids is 1. The Hall–Kier alpha value is -2.12. The van der Waals surface area contributed by atoms with Crippen molar-refractivity contribution in [1.29, 1.82) is 0 Å². The van der Waals surface area contributed by atoms with Gasteiger partial charge in [0.1, 0.15) is 6.20 Å². The molecule has 1 atom stereocenters. The number of nitro groups is 1. The predicted octanol–water partition coefficient (Wildman–Crippen LogP) is 1.88. The molecular formula is C12H20N4O4. The van der Waals surface area contributed by atoms with Gasteiger partial charge in [-0.25, -0.2) is 0 Å². The van der Waals surface area contributed by atoms with Crippen LogP contribution in [-0.4, -0.2) is 32.3 Å². The van der Waals surface area contributed by atoms with Gasteiger partial charge in [0.15, 0.2) is 0 Å². The van der Waals surface area contributed by atoms with E-state index in [2.05, 4.69) is 10.4 Å². The van der Waals surface area contributed by atoms with Crippen LogP contribution in [0, 0.1) is 22.0 Å². The van der Waals surface area contributed by atoms with E-state index < -0.39 is 10.9 Å². The van der Waals surface area contributed by atoms with Gasteiger partial charge in [-0.3, -0.25) is 19.6 Å². The number of nitrogens with one attached hydrogen (secondary N) is 1. The highest BCUT2D eigenvalue weighted by molar-refractivity contribution is 5.67. The number of carboxylic acids is 1. The first-order valence-electron chi connectivity index (χ1n) is 6.43. The number of carboxylic acid groups (broad SMARTS) is 1. The first kappa shape index (κ1) is 15.9. The largest absolute Gasteiger partial charge is 0.481 e. The van der Waals surface area contributed by atoms with E-state index in [1.165, 1.54) is 10.9 Å². The molecule has 0 amide bonds. The van der Waals surface area contributed by atoms with Crippen LogP contribution in [0.1, 0.15) is 26.7 Å². The Balaban J connectivity index is 2.71. The van der Waals surface area contributed by atoms with Crippen molar-refractivity contribution in [3.05, 3.63) is 16.3 Å². The topological polar surface area (TPSA) is 110 Å². The number of carbonyl (C=O) groups is 1. The standard InChI is InChI=1S/C12H20N4O4/c1-8(2)4-9(5-11(17)18)6-13-12-10(16(19)20)7-15(3)14-12/h7-9H,4-6H2,1-3H3,(H,13,14)(H,17,18). The summed E-state index contributed by atoms with van der Waals surface area (Å²) in [6.07, 6.45) is 2.09. The molecule has 0 fully saturated rings. The Labute approximate surface area is 116 Å². The van der Waals surface area contributed by atoms with E-state index in [0.717, 1.165) is 6.42 Å². The molecule has 1 aromatic heterocycles. The second kappa shape index (κ2) is 6.88. The van der Waals surface area contributed by atoms with Crippen molar-refractivity contribution in [3.8, 4) is 0 Å². The van der Waals surface area contributed by atoms with Crippen LogP contribution in [0.3, 0.4) is 0 Å². The van der Waals surface area contributed by atoms with Gasteiger partial charge in [-0.1, -0.05) is 13.8 Å². The molecule has 0 bridgehead atoms. The molecule has 1 aromatic rings. The summed E-state index contributed by atoms with van der Waals surface area (Å²) in [5.41, 5.74) is -0.105. The zero-order valence-electron chi connectivity index (χ0n) is 11.9. The molecule has 8 heteroatoms. The van der Waals surface area contributed by atoms with Gasteiger partial charge in [0, 0.05) is 20.0 Å². The van der Waals surface area contributed by atoms with E-state index in [9.17, 15) is 14.9 Å². The summed E-state index contributed by atoms with van der Waals surface area (Å²) in [7, 11) is 1.60. The van der Waals surface area contributed by atoms with E-state index in [4.69, 9.17) is 5.11 Å². The Bertz CT molecular complexity index is 484. The number of rotatable bonds is 8. The number of anilines is 1. The Kier molecular flexibility index (Phi) is 5.48. The van der Waals surface area contributed by atoms with Crippen molar-refractivity contribution >= 4 is 17.5 Å².